The Bertz CT molecular complexity index is 152. The van der Waals surface area contributed by atoms with E-state index in [0.717, 1.165) is 0 Å². The number of phenolic OH excluding ortho intramolecular Hbond substituents is 1. The molecule has 0 amide bonds. The Morgan fingerprint density at radius 1 is 1.00 bits per heavy atom. The molecule has 4 nitrogen and oxygen atoms in total. The zero-order valence-corrected chi connectivity index (χ0v) is 5.33. The molecule has 0 fully saturated rings. The van der Waals surface area contributed by atoms with Crippen LogP contribution in [0.25, 0.3) is 0 Å². The minimum absolute atomic E-state index is 0. The Labute approximate surface area is 58.5 Å². The summed E-state index contributed by atoms with van der Waals surface area (Å²) in [6.07, 6.45) is 0. The molecule has 4 heteroatoms. The maximum Gasteiger partial charge on any atom is 0.115 e. The first-order valence-corrected chi connectivity index (χ1v) is 2.33. The van der Waals surface area contributed by atoms with Crippen LogP contribution in [0.3, 0.4) is 0 Å². The van der Waals surface area contributed by atoms with Crippen LogP contribution in [0, 0.1) is 0 Å². The number of hydrogen-bond donors (Lipinski definition) is 2. The van der Waals surface area contributed by atoms with Gasteiger partial charge in [0.15, 0.2) is 0 Å². The van der Waals surface area contributed by atoms with Gasteiger partial charge < -0.3 is 21.8 Å². The Morgan fingerprint density at radius 3 is 1.70 bits per heavy atom. The zero-order valence-electron chi connectivity index (χ0n) is 5.33. The van der Waals surface area contributed by atoms with Crippen molar-refractivity contribution in [1.82, 2.24) is 0 Å². The molecule has 0 saturated carbocycles. The minimum Gasteiger partial charge on any atom is -0.508 e. The first kappa shape index (κ1) is 11.5. The molecule has 0 bridgehead atoms. The van der Waals surface area contributed by atoms with Gasteiger partial charge in [-0.05, 0) is 24.3 Å². The number of aromatic hydroxyl groups is 1. The predicted molar refractivity (Wildman–Crippen MR) is 39.7 cm³/mol. The summed E-state index contributed by atoms with van der Waals surface area (Å²) in [4.78, 5) is 0. The summed E-state index contributed by atoms with van der Waals surface area (Å²) < 4.78 is 0. The van der Waals surface area contributed by atoms with E-state index in [1.165, 1.54) is 0 Å². The highest BCUT2D eigenvalue weighted by Gasteiger charge is 1.82. The lowest BCUT2D eigenvalue weighted by Crippen LogP contribution is -1.80. The first-order chi connectivity index (χ1) is 3.79. The van der Waals surface area contributed by atoms with Crippen LogP contribution < -0.4 is 5.73 Å². The smallest absolute Gasteiger partial charge is 0.115 e. The van der Waals surface area contributed by atoms with Gasteiger partial charge in [-0.1, -0.05) is 0 Å². The normalized spacial score (nSPS) is 7.20. The van der Waals surface area contributed by atoms with Gasteiger partial charge >= 0.3 is 0 Å². The number of hydrogen-bond acceptors (Lipinski definition) is 2. The van der Waals surface area contributed by atoms with Crippen LogP contribution in [0.5, 0.6) is 5.75 Å². The van der Waals surface area contributed by atoms with Crippen molar-refractivity contribution in [1.29, 1.82) is 0 Å². The summed E-state index contributed by atoms with van der Waals surface area (Å²) in [6.45, 7) is 0. The third kappa shape index (κ3) is 2.91. The van der Waals surface area contributed by atoms with Gasteiger partial charge in [-0.15, -0.1) is 0 Å². The van der Waals surface area contributed by atoms with Crippen LogP contribution >= 0.6 is 0 Å². The summed E-state index contributed by atoms with van der Waals surface area (Å²) in [7, 11) is 0. The largest absolute Gasteiger partial charge is 0.508 e. The van der Waals surface area contributed by atoms with Crippen molar-refractivity contribution < 1.29 is 16.1 Å². The highest BCUT2D eigenvalue weighted by Crippen LogP contribution is 2.09. The molecular weight excluding hydrogens is 134 g/mol. The summed E-state index contributed by atoms with van der Waals surface area (Å²) in [6, 6.07) is 6.40. The third-order valence-corrected chi connectivity index (χ3v) is 0.893. The van der Waals surface area contributed by atoms with Crippen molar-refractivity contribution in [3.63, 3.8) is 0 Å². The molecule has 1 rings (SSSR count). The van der Waals surface area contributed by atoms with Gasteiger partial charge in [-0.25, -0.2) is 0 Å². The number of phenols is 1. The zero-order chi connectivity index (χ0) is 5.98. The molecule has 10 heavy (non-hydrogen) atoms. The lowest BCUT2D eigenvalue weighted by atomic mass is 10.3. The van der Waals surface area contributed by atoms with E-state index in [9.17, 15) is 0 Å². The molecule has 7 N–H and O–H groups in total. The lowest BCUT2D eigenvalue weighted by molar-refractivity contribution is 0.475. The Hall–Kier alpha value is -1.26. The van der Waals surface area contributed by atoms with Gasteiger partial charge in [0.25, 0.3) is 0 Å². The van der Waals surface area contributed by atoms with E-state index in [1.54, 1.807) is 24.3 Å². The highest BCUT2D eigenvalue weighted by atomic mass is 16.3. The third-order valence-electron chi connectivity index (χ3n) is 0.893. The molecule has 0 aliphatic carbocycles. The van der Waals surface area contributed by atoms with Crippen molar-refractivity contribution in [3.8, 4) is 5.75 Å². The Balaban J connectivity index is 0. The van der Waals surface area contributed by atoms with Crippen LogP contribution in [0.1, 0.15) is 0 Å². The van der Waals surface area contributed by atoms with Crippen LogP contribution in [0.4, 0.5) is 5.69 Å². The van der Waals surface area contributed by atoms with Crippen LogP contribution in [-0.4, -0.2) is 16.1 Å². The standard InChI is InChI=1S/C6H7NO.2H2O/c7-5-1-3-6(8)4-2-5;;/h1-4,8H,7H2;2*1H2. The molecule has 0 aliphatic rings. The molecular formula is C6H11NO3. The van der Waals surface area contributed by atoms with Gasteiger partial charge in [-0.2, -0.15) is 0 Å². The molecule has 0 spiro atoms. The topological polar surface area (TPSA) is 109 Å². The van der Waals surface area contributed by atoms with Gasteiger partial charge in [0, 0.05) is 5.69 Å². The van der Waals surface area contributed by atoms with Crippen molar-refractivity contribution in [2.45, 2.75) is 0 Å². The van der Waals surface area contributed by atoms with Crippen molar-refractivity contribution in [3.05, 3.63) is 24.3 Å². The summed E-state index contributed by atoms with van der Waals surface area (Å²) in [5.74, 6) is 0.249. The van der Waals surface area contributed by atoms with E-state index in [2.05, 4.69) is 0 Å². The second-order valence-corrected chi connectivity index (χ2v) is 1.59. The molecule has 1 aromatic rings. The number of nitrogens with two attached hydrogens (primary N) is 1. The number of anilines is 1. The monoisotopic (exact) mass is 145 g/mol. The Kier molecular flexibility index (Phi) is 5.31. The highest BCUT2D eigenvalue weighted by molar-refractivity contribution is 5.40. The van der Waals surface area contributed by atoms with Gasteiger partial charge in [0.05, 0.1) is 0 Å². The number of benzene rings is 1. The van der Waals surface area contributed by atoms with Crippen LogP contribution in [-0.2, 0) is 0 Å². The quantitative estimate of drug-likeness (QED) is 0.372. The minimum atomic E-state index is 0. The fraction of sp³-hybridized carbons (Fsp3) is 0. The maximum atomic E-state index is 8.70. The van der Waals surface area contributed by atoms with E-state index in [4.69, 9.17) is 10.8 Å². The molecule has 58 valence electrons. The molecule has 0 saturated heterocycles. The molecule has 0 unspecified atom stereocenters. The van der Waals surface area contributed by atoms with Gasteiger partial charge in [0.2, 0.25) is 0 Å². The Morgan fingerprint density at radius 2 is 1.40 bits per heavy atom. The van der Waals surface area contributed by atoms with E-state index < -0.39 is 0 Å². The number of rotatable bonds is 0. The second kappa shape index (κ2) is 4.60. The van der Waals surface area contributed by atoms with Crippen LogP contribution in [0.2, 0.25) is 0 Å². The fourth-order valence-electron chi connectivity index (χ4n) is 0.474. The number of nitrogen functional groups attached to an aromatic ring is 1. The average molecular weight is 145 g/mol. The first-order valence-electron chi connectivity index (χ1n) is 2.33. The SMILES string of the molecule is Nc1ccc(O)cc1.O.O. The predicted octanol–water partition coefficient (Wildman–Crippen LogP) is -0.675. The molecule has 0 radical (unpaired) electrons. The van der Waals surface area contributed by atoms with E-state index >= 15 is 0 Å². The summed E-state index contributed by atoms with van der Waals surface area (Å²) in [5.41, 5.74) is 5.98. The fourth-order valence-corrected chi connectivity index (χ4v) is 0.474. The average Bonchev–Trinajstić information content (AvgIpc) is 1.77. The summed E-state index contributed by atoms with van der Waals surface area (Å²) in [5, 5.41) is 8.70. The van der Waals surface area contributed by atoms with E-state index in [0.29, 0.717) is 5.69 Å². The lowest BCUT2D eigenvalue weighted by Gasteiger charge is -1.89. The van der Waals surface area contributed by atoms with Crippen molar-refractivity contribution in [2.75, 3.05) is 5.73 Å². The van der Waals surface area contributed by atoms with E-state index in [-0.39, 0.29) is 16.7 Å². The molecule has 0 heterocycles. The summed E-state index contributed by atoms with van der Waals surface area (Å²) >= 11 is 0. The second-order valence-electron chi connectivity index (χ2n) is 1.59. The van der Waals surface area contributed by atoms with Gasteiger partial charge in [0.1, 0.15) is 5.75 Å². The van der Waals surface area contributed by atoms with Crippen molar-refractivity contribution in [2.24, 2.45) is 0 Å². The maximum absolute atomic E-state index is 8.70. The molecule has 0 aromatic heterocycles. The van der Waals surface area contributed by atoms with Gasteiger partial charge in [-0.3, -0.25) is 0 Å². The molecule has 1 aromatic carbocycles. The molecule has 0 atom stereocenters. The molecule has 0 aliphatic heterocycles. The van der Waals surface area contributed by atoms with Crippen molar-refractivity contribution >= 4 is 5.69 Å². The van der Waals surface area contributed by atoms with Crippen LogP contribution in [0.15, 0.2) is 24.3 Å². The van der Waals surface area contributed by atoms with E-state index in [1.807, 2.05) is 0 Å².